The second-order valence-corrected chi connectivity index (χ2v) is 13.0. The Hall–Kier alpha value is -3.36. The summed E-state index contributed by atoms with van der Waals surface area (Å²) in [5.41, 5.74) is 2.99. The molecule has 0 radical (unpaired) electrons. The molecule has 3 fully saturated rings. The second kappa shape index (κ2) is 10.9. The number of halogens is 5. The first-order valence-corrected chi connectivity index (χ1v) is 15.7. The summed E-state index contributed by atoms with van der Waals surface area (Å²) in [7, 11) is 1.76. The summed E-state index contributed by atoms with van der Waals surface area (Å²) < 4.78 is 81.7. The number of fused-ring (bicyclic) bond motifs is 3. The summed E-state index contributed by atoms with van der Waals surface area (Å²) in [6.45, 7) is 3.75. The maximum atomic E-state index is 16.8. The molecule has 0 saturated carbocycles. The van der Waals surface area contributed by atoms with Crippen LogP contribution in [0.1, 0.15) is 44.1 Å². The zero-order chi connectivity index (χ0) is 30.8. The molecule has 0 unspecified atom stereocenters. The highest BCUT2D eigenvalue weighted by atomic mass is 32.1. The Kier molecular flexibility index (Phi) is 7.28. The van der Waals surface area contributed by atoms with Crippen LogP contribution in [0.5, 0.6) is 6.01 Å². The van der Waals surface area contributed by atoms with Gasteiger partial charge in [-0.2, -0.15) is 23.1 Å². The van der Waals surface area contributed by atoms with Gasteiger partial charge < -0.3 is 20.7 Å². The summed E-state index contributed by atoms with van der Waals surface area (Å²) in [6.07, 6.45) is 0.554. The maximum absolute atomic E-state index is 16.8. The molecule has 7 rings (SSSR count). The topological polar surface area (TPSA) is 92.4 Å². The van der Waals surface area contributed by atoms with Crippen molar-refractivity contribution in [3.8, 4) is 17.1 Å². The summed E-state index contributed by atoms with van der Waals surface area (Å²) in [5.74, 6) is -1.74. The first kappa shape index (κ1) is 29.4. The van der Waals surface area contributed by atoms with Crippen LogP contribution in [-0.4, -0.2) is 71.3 Å². The van der Waals surface area contributed by atoms with E-state index in [1.807, 2.05) is 4.90 Å². The van der Waals surface area contributed by atoms with Crippen LogP contribution in [0.15, 0.2) is 18.2 Å². The van der Waals surface area contributed by atoms with Gasteiger partial charge in [0.05, 0.1) is 21.3 Å². The number of nitrogens with two attached hydrogens (primary N) is 1. The van der Waals surface area contributed by atoms with Crippen molar-refractivity contribution >= 4 is 43.4 Å². The van der Waals surface area contributed by atoms with Gasteiger partial charge in [-0.3, -0.25) is 4.90 Å². The Bertz CT molecular complexity index is 1730. The van der Waals surface area contributed by atoms with E-state index in [4.69, 9.17) is 10.5 Å². The molecule has 0 spiro atoms. The van der Waals surface area contributed by atoms with Gasteiger partial charge in [0.2, 0.25) is 0 Å². The molecule has 3 saturated heterocycles. The van der Waals surface area contributed by atoms with Crippen molar-refractivity contribution in [2.75, 3.05) is 50.5 Å². The lowest BCUT2D eigenvalue weighted by molar-refractivity contribution is -0.137. The smallest absolute Gasteiger partial charge is 0.417 e. The van der Waals surface area contributed by atoms with Gasteiger partial charge in [-0.15, -0.1) is 0 Å². The number of hydrogen-bond acceptors (Lipinski definition) is 9. The van der Waals surface area contributed by atoms with Crippen molar-refractivity contribution in [2.45, 2.75) is 56.3 Å². The fourth-order valence-electron chi connectivity index (χ4n) is 7.23. The minimum Gasteiger partial charge on any atom is -0.461 e. The van der Waals surface area contributed by atoms with Crippen molar-refractivity contribution in [2.24, 2.45) is 0 Å². The van der Waals surface area contributed by atoms with Gasteiger partial charge in [0, 0.05) is 29.6 Å². The number of nitrogens with one attached hydrogen (secondary N) is 1. The molecule has 0 amide bonds. The molecule has 8 nitrogen and oxygen atoms in total. The molecular formula is C30H32F5N7OS. The van der Waals surface area contributed by atoms with Crippen LogP contribution in [0.2, 0.25) is 0 Å². The van der Waals surface area contributed by atoms with Gasteiger partial charge in [0.1, 0.15) is 23.8 Å². The highest BCUT2D eigenvalue weighted by Crippen LogP contribution is 2.46. The molecule has 5 heterocycles. The molecule has 0 aliphatic carbocycles. The number of rotatable bonds is 6. The van der Waals surface area contributed by atoms with Gasteiger partial charge in [-0.1, -0.05) is 11.3 Å². The van der Waals surface area contributed by atoms with Gasteiger partial charge in [-0.25, -0.2) is 13.8 Å². The van der Waals surface area contributed by atoms with E-state index < -0.39 is 28.9 Å². The number of aromatic nitrogens is 3. The van der Waals surface area contributed by atoms with E-state index in [1.54, 1.807) is 7.05 Å². The number of benzene rings is 2. The Morgan fingerprint density at radius 1 is 1.09 bits per heavy atom. The highest BCUT2D eigenvalue weighted by Gasteiger charge is 2.45. The zero-order valence-electron chi connectivity index (χ0n) is 24.1. The Balaban J connectivity index is 1.43. The molecule has 0 bridgehead atoms. The van der Waals surface area contributed by atoms with E-state index in [9.17, 15) is 17.6 Å². The lowest BCUT2D eigenvalue weighted by Crippen LogP contribution is -2.43. The molecule has 2 aromatic heterocycles. The standard InChI is InChI=1S/C30H32F5N7OS/c1-41(16-6-10-37-11-7-16)26-18-14-19(30(33,34)35)21(17-4-5-20(31)25-24(17)38-27(36)44-25)22(32)23(18)39-28(40-26)43-15-29-8-2-12-42(29)13-3-9-29/h4-5,14,16,37H,2-3,6-13,15H2,1H3,(H2,36,38). The number of hydrogen-bond donors (Lipinski definition) is 2. The van der Waals surface area contributed by atoms with E-state index in [1.165, 1.54) is 0 Å². The number of piperidine rings is 1. The van der Waals surface area contributed by atoms with Gasteiger partial charge in [0.15, 0.2) is 10.9 Å². The molecule has 234 valence electrons. The van der Waals surface area contributed by atoms with Crippen LogP contribution in [0.25, 0.3) is 32.2 Å². The molecular weight excluding hydrogens is 601 g/mol. The monoisotopic (exact) mass is 633 g/mol. The maximum Gasteiger partial charge on any atom is 0.417 e. The Morgan fingerprint density at radius 3 is 2.52 bits per heavy atom. The largest absolute Gasteiger partial charge is 0.461 e. The fourth-order valence-corrected chi connectivity index (χ4v) is 8.00. The average molecular weight is 634 g/mol. The van der Waals surface area contributed by atoms with E-state index in [0.29, 0.717) is 6.61 Å². The van der Waals surface area contributed by atoms with E-state index in [0.717, 1.165) is 94.2 Å². The minimum atomic E-state index is -4.96. The quantitative estimate of drug-likeness (QED) is 0.251. The third kappa shape index (κ3) is 4.91. The molecule has 0 atom stereocenters. The van der Waals surface area contributed by atoms with E-state index in [-0.39, 0.29) is 55.2 Å². The van der Waals surface area contributed by atoms with Crippen molar-refractivity contribution in [1.82, 2.24) is 25.2 Å². The summed E-state index contributed by atoms with van der Waals surface area (Å²) in [6, 6.07) is 2.87. The number of anilines is 2. The number of thiazole rings is 1. The average Bonchev–Trinajstić information content (AvgIpc) is 3.70. The molecule has 3 N–H and O–H groups in total. The van der Waals surface area contributed by atoms with Crippen molar-refractivity contribution < 1.29 is 26.7 Å². The van der Waals surface area contributed by atoms with Crippen LogP contribution in [0.3, 0.4) is 0 Å². The number of nitrogens with zero attached hydrogens (tertiary/aromatic N) is 5. The van der Waals surface area contributed by atoms with Crippen molar-refractivity contribution in [3.63, 3.8) is 0 Å². The first-order chi connectivity index (χ1) is 21.1. The Morgan fingerprint density at radius 2 is 1.82 bits per heavy atom. The lowest BCUT2D eigenvalue weighted by atomic mass is 9.95. The predicted molar refractivity (Wildman–Crippen MR) is 160 cm³/mol. The zero-order valence-corrected chi connectivity index (χ0v) is 24.9. The van der Waals surface area contributed by atoms with Gasteiger partial charge in [-0.05, 0) is 82.9 Å². The summed E-state index contributed by atoms with van der Waals surface area (Å²) >= 11 is 0.787. The molecule has 3 aliphatic rings. The molecule has 3 aliphatic heterocycles. The number of alkyl halides is 3. The number of ether oxygens (including phenoxy) is 1. The predicted octanol–water partition coefficient (Wildman–Crippen LogP) is 5.98. The van der Waals surface area contributed by atoms with Crippen LogP contribution >= 0.6 is 11.3 Å². The molecule has 4 aromatic rings. The SMILES string of the molecule is CN(c1nc(OCC23CCCN2CCC3)nc2c(F)c(-c3ccc(F)c4sc(N)nc34)c(C(F)(F)F)cc12)C1CCNCC1. The number of nitrogen functional groups attached to an aromatic ring is 1. The van der Waals surface area contributed by atoms with E-state index >= 15 is 4.39 Å². The van der Waals surface area contributed by atoms with Gasteiger partial charge in [0.25, 0.3) is 0 Å². The first-order valence-electron chi connectivity index (χ1n) is 14.8. The third-order valence-electron chi connectivity index (χ3n) is 9.45. The van der Waals surface area contributed by atoms with Gasteiger partial charge >= 0.3 is 12.2 Å². The van der Waals surface area contributed by atoms with Crippen LogP contribution < -0.4 is 20.7 Å². The van der Waals surface area contributed by atoms with Crippen LogP contribution in [0.4, 0.5) is 32.9 Å². The summed E-state index contributed by atoms with van der Waals surface area (Å²) in [5, 5.41) is 3.16. The summed E-state index contributed by atoms with van der Waals surface area (Å²) in [4.78, 5) is 17.3. The molecule has 14 heteroatoms. The van der Waals surface area contributed by atoms with Crippen LogP contribution in [-0.2, 0) is 6.18 Å². The normalized spacial score (nSPS) is 19.2. The third-order valence-corrected chi connectivity index (χ3v) is 10.3. The van der Waals surface area contributed by atoms with Crippen LogP contribution in [0, 0.1) is 11.6 Å². The Labute approximate surface area is 254 Å². The minimum absolute atomic E-state index is 0.0345. The lowest BCUT2D eigenvalue weighted by Gasteiger charge is -2.34. The van der Waals surface area contributed by atoms with E-state index in [2.05, 4.69) is 25.2 Å². The molecule has 2 aromatic carbocycles. The second-order valence-electron chi connectivity index (χ2n) is 12.0. The molecule has 44 heavy (non-hydrogen) atoms. The fraction of sp³-hybridized carbons (Fsp3) is 0.500. The van der Waals surface area contributed by atoms with Crippen molar-refractivity contribution in [3.05, 3.63) is 35.4 Å². The van der Waals surface area contributed by atoms with Crippen molar-refractivity contribution in [1.29, 1.82) is 0 Å². The highest BCUT2D eigenvalue weighted by molar-refractivity contribution is 7.22.